The fraction of sp³-hybridized carbons (Fsp3) is 0.300. The van der Waals surface area contributed by atoms with Crippen molar-refractivity contribution in [1.82, 2.24) is 25.0 Å². The Morgan fingerprint density at radius 2 is 2.04 bits per heavy atom. The van der Waals surface area contributed by atoms with Crippen LogP contribution in [-0.4, -0.2) is 42.2 Å². The van der Waals surface area contributed by atoms with Gasteiger partial charge in [0.05, 0.1) is 24.2 Å². The Balaban J connectivity index is 1.44. The van der Waals surface area contributed by atoms with Crippen LogP contribution in [0.3, 0.4) is 0 Å². The second-order valence-electron chi connectivity index (χ2n) is 7.07. The minimum Gasteiger partial charge on any atom is -0.391 e. The predicted molar refractivity (Wildman–Crippen MR) is 103 cm³/mol. The SMILES string of the molecule is O[C@@H]1CCC[C@@H]1Nc1ccc2nnn(Cc3ccc4ncccc4c3)c2n1. The van der Waals surface area contributed by atoms with E-state index in [1.165, 1.54) is 0 Å². The molecule has 136 valence electrons. The lowest BCUT2D eigenvalue weighted by Crippen LogP contribution is -2.28. The van der Waals surface area contributed by atoms with E-state index in [1.54, 1.807) is 6.20 Å². The van der Waals surface area contributed by atoms with Gasteiger partial charge >= 0.3 is 0 Å². The van der Waals surface area contributed by atoms with Crippen LogP contribution < -0.4 is 5.32 Å². The van der Waals surface area contributed by atoms with E-state index in [0.717, 1.165) is 52.7 Å². The van der Waals surface area contributed by atoms with Crippen LogP contribution in [0.1, 0.15) is 24.8 Å². The van der Waals surface area contributed by atoms with Crippen LogP contribution in [0.5, 0.6) is 0 Å². The normalized spacial score (nSPS) is 19.7. The lowest BCUT2D eigenvalue weighted by atomic mass is 10.1. The Bertz CT molecular complexity index is 1110. The van der Waals surface area contributed by atoms with Gasteiger partial charge in [0, 0.05) is 11.6 Å². The Morgan fingerprint density at radius 3 is 2.93 bits per heavy atom. The summed E-state index contributed by atoms with van der Waals surface area (Å²) < 4.78 is 1.81. The van der Waals surface area contributed by atoms with Crippen molar-refractivity contribution in [2.24, 2.45) is 0 Å². The number of nitrogens with zero attached hydrogens (tertiary/aromatic N) is 5. The van der Waals surface area contributed by atoms with Crippen LogP contribution in [0, 0.1) is 0 Å². The third-order valence-electron chi connectivity index (χ3n) is 5.17. The highest BCUT2D eigenvalue weighted by Crippen LogP contribution is 2.23. The van der Waals surface area contributed by atoms with Crippen molar-refractivity contribution in [3.63, 3.8) is 0 Å². The van der Waals surface area contributed by atoms with E-state index < -0.39 is 0 Å². The highest BCUT2D eigenvalue weighted by molar-refractivity contribution is 5.79. The highest BCUT2D eigenvalue weighted by atomic mass is 16.3. The number of aromatic nitrogens is 5. The maximum atomic E-state index is 10.0. The molecule has 7 nitrogen and oxygen atoms in total. The zero-order valence-corrected chi connectivity index (χ0v) is 14.8. The first kappa shape index (κ1) is 16.1. The van der Waals surface area contributed by atoms with Crippen molar-refractivity contribution in [3.05, 3.63) is 54.2 Å². The van der Waals surface area contributed by atoms with Gasteiger partial charge in [-0.05, 0) is 55.2 Å². The maximum absolute atomic E-state index is 10.0. The van der Waals surface area contributed by atoms with E-state index in [-0.39, 0.29) is 12.1 Å². The number of anilines is 1. The first-order chi connectivity index (χ1) is 13.3. The molecule has 0 saturated heterocycles. The molecule has 0 spiro atoms. The largest absolute Gasteiger partial charge is 0.391 e. The minimum absolute atomic E-state index is 0.0623. The summed E-state index contributed by atoms with van der Waals surface area (Å²) in [4.78, 5) is 9.05. The minimum atomic E-state index is -0.309. The molecule has 0 radical (unpaired) electrons. The smallest absolute Gasteiger partial charge is 0.180 e. The van der Waals surface area contributed by atoms with Gasteiger partial charge in [0.1, 0.15) is 11.3 Å². The number of fused-ring (bicyclic) bond motifs is 2. The second kappa shape index (κ2) is 6.59. The number of aliphatic hydroxyl groups excluding tert-OH is 1. The van der Waals surface area contributed by atoms with Crippen molar-refractivity contribution in [2.45, 2.75) is 38.0 Å². The molecule has 2 N–H and O–H groups in total. The molecule has 1 aliphatic rings. The van der Waals surface area contributed by atoms with Crippen LogP contribution in [0.15, 0.2) is 48.7 Å². The first-order valence-electron chi connectivity index (χ1n) is 9.25. The molecular formula is C20H20N6O. The van der Waals surface area contributed by atoms with E-state index in [1.807, 2.05) is 28.9 Å². The number of rotatable bonds is 4. The molecule has 1 saturated carbocycles. The van der Waals surface area contributed by atoms with Crippen molar-refractivity contribution < 1.29 is 5.11 Å². The van der Waals surface area contributed by atoms with Crippen molar-refractivity contribution in [1.29, 1.82) is 0 Å². The molecule has 3 heterocycles. The van der Waals surface area contributed by atoms with Crippen molar-refractivity contribution >= 4 is 27.9 Å². The summed E-state index contributed by atoms with van der Waals surface area (Å²) in [5.74, 6) is 0.750. The molecule has 5 rings (SSSR count). The number of aliphatic hydroxyl groups is 1. The maximum Gasteiger partial charge on any atom is 0.180 e. The summed E-state index contributed by atoms with van der Waals surface area (Å²) >= 11 is 0. The first-order valence-corrected chi connectivity index (χ1v) is 9.25. The van der Waals surface area contributed by atoms with E-state index >= 15 is 0 Å². The summed E-state index contributed by atoms with van der Waals surface area (Å²) in [5.41, 5.74) is 3.59. The lowest BCUT2D eigenvalue weighted by Gasteiger charge is -2.16. The quantitative estimate of drug-likeness (QED) is 0.582. The number of benzene rings is 1. The van der Waals surface area contributed by atoms with Crippen molar-refractivity contribution in [2.75, 3.05) is 5.32 Å². The van der Waals surface area contributed by atoms with Gasteiger partial charge in [0.2, 0.25) is 0 Å². The fourth-order valence-corrected chi connectivity index (χ4v) is 3.74. The average Bonchev–Trinajstić information content (AvgIpc) is 3.28. The molecule has 2 atom stereocenters. The van der Waals surface area contributed by atoms with E-state index in [9.17, 15) is 5.11 Å². The van der Waals surface area contributed by atoms with Crippen LogP contribution in [0.4, 0.5) is 5.82 Å². The predicted octanol–water partition coefficient (Wildman–Crippen LogP) is 2.75. The number of pyridine rings is 2. The summed E-state index contributed by atoms with van der Waals surface area (Å²) in [7, 11) is 0. The van der Waals surface area contributed by atoms with E-state index in [0.29, 0.717) is 6.54 Å². The van der Waals surface area contributed by atoms with Gasteiger partial charge in [0.15, 0.2) is 5.65 Å². The molecule has 0 aliphatic heterocycles. The van der Waals surface area contributed by atoms with E-state index in [2.05, 4.69) is 38.8 Å². The molecule has 1 aliphatic carbocycles. The van der Waals surface area contributed by atoms with Gasteiger partial charge in [-0.15, -0.1) is 5.10 Å². The Hall–Kier alpha value is -3.06. The molecule has 4 aromatic rings. The molecule has 7 heteroatoms. The van der Waals surface area contributed by atoms with Crippen LogP contribution in [0.2, 0.25) is 0 Å². The molecule has 1 aromatic carbocycles. The monoisotopic (exact) mass is 360 g/mol. The molecular weight excluding hydrogens is 340 g/mol. The van der Waals surface area contributed by atoms with Gasteiger partial charge in [-0.3, -0.25) is 4.98 Å². The van der Waals surface area contributed by atoms with Crippen molar-refractivity contribution in [3.8, 4) is 0 Å². The Kier molecular flexibility index (Phi) is 3.94. The number of hydrogen-bond donors (Lipinski definition) is 2. The van der Waals surface area contributed by atoms with Gasteiger partial charge in [-0.25, -0.2) is 9.67 Å². The lowest BCUT2D eigenvalue weighted by molar-refractivity contribution is 0.171. The second-order valence-corrected chi connectivity index (χ2v) is 7.07. The molecule has 27 heavy (non-hydrogen) atoms. The Labute approximate surface area is 156 Å². The molecule has 0 bridgehead atoms. The standard InChI is InChI=1S/C20H20N6O/c27-18-5-1-4-16(18)22-19-9-8-17-20(23-19)26(25-24-17)12-13-6-7-15-14(11-13)3-2-10-21-15/h2-3,6-11,16,18,27H,1,4-5,12H2,(H,22,23)/t16-,18+/m0/s1. The number of hydrogen-bond acceptors (Lipinski definition) is 6. The topological polar surface area (TPSA) is 88.8 Å². The summed E-state index contributed by atoms with van der Waals surface area (Å²) in [6.07, 6.45) is 4.33. The van der Waals surface area contributed by atoms with Gasteiger partial charge < -0.3 is 10.4 Å². The molecule has 1 fully saturated rings. The van der Waals surface area contributed by atoms with Crippen LogP contribution in [-0.2, 0) is 6.54 Å². The summed E-state index contributed by atoms with van der Waals surface area (Å²) in [5, 5.41) is 23.0. The van der Waals surface area contributed by atoms with Gasteiger partial charge in [0.25, 0.3) is 0 Å². The number of nitrogens with one attached hydrogen (secondary N) is 1. The van der Waals surface area contributed by atoms with Gasteiger partial charge in [-0.1, -0.05) is 17.3 Å². The van der Waals surface area contributed by atoms with E-state index in [4.69, 9.17) is 4.98 Å². The third kappa shape index (κ3) is 3.10. The van der Waals surface area contributed by atoms with Crippen LogP contribution >= 0.6 is 0 Å². The average molecular weight is 360 g/mol. The summed E-state index contributed by atoms with van der Waals surface area (Å²) in [6, 6.07) is 14.1. The third-order valence-corrected chi connectivity index (χ3v) is 5.17. The van der Waals surface area contributed by atoms with Crippen LogP contribution in [0.25, 0.3) is 22.1 Å². The summed E-state index contributed by atoms with van der Waals surface area (Å²) in [6.45, 7) is 0.587. The molecule has 0 unspecified atom stereocenters. The Morgan fingerprint density at radius 1 is 1.11 bits per heavy atom. The zero-order chi connectivity index (χ0) is 18.2. The highest BCUT2D eigenvalue weighted by Gasteiger charge is 2.25. The van der Waals surface area contributed by atoms with Gasteiger partial charge in [-0.2, -0.15) is 0 Å². The fourth-order valence-electron chi connectivity index (χ4n) is 3.74. The molecule has 0 amide bonds. The molecule has 3 aromatic heterocycles. The zero-order valence-electron chi connectivity index (χ0n) is 14.8.